The minimum atomic E-state index is 0.140. The average Bonchev–Trinajstić information content (AvgIpc) is 3.02. The lowest BCUT2D eigenvalue weighted by Crippen LogP contribution is -2.41. The highest BCUT2D eigenvalue weighted by Gasteiger charge is 2.25. The van der Waals surface area contributed by atoms with E-state index in [1.54, 1.807) is 6.20 Å². The van der Waals surface area contributed by atoms with Crippen LogP contribution >= 0.6 is 0 Å². The van der Waals surface area contributed by atoms with Crippen molar-refractivity contribution in [1.29, 1.82) is 0 Å². The smallest absolute Gasteiger partial charge is 0.226 e. The van der Waals surface area contributed by atoms with Crippen LogP contribution in [-0.4, -0.2) is 41.5 Å². The van der Waals surface area contributed by atoms with E-state index in [9.17, 15) is 4.79 Å². The van der Waals surface area contributed by atoms with E-state index >= 15 is 0 Å². The molecule has 1 saturated heterocycles. The highest BCUT2D eigenvalue weighted by molar-refractivity contribution is 5.76. The zero-order valence-electron chi connectivity index (χ0n) is 17.6. The molecule has 0 saturated carbocycles. The van der Waals surface area contributed by atoms with Gasteiger partial charge in [-0.2, -0.15) is 0 Å². The highest BCUT2D eigenvalue weighted by atomic mass is 16.5. The number of carbonyl (C=O) groups is 1. The molecule has 0 bridgehead atoms. The zero-order chi connectivity index (χ0) is 20.5. The standard InChI is InChI=1S/C24H33N3O2/c1-19(2)20-8-10-23(11-9-20)29-17-13-24(28)27(18-21-6-3-4-15-26-21)22-7-5-14-25-16-12-22/h3-4,6,8-11,15,19,22,25H,5,7,12-14,16-18H2,1-2H3. The Hall–Kier alpha value is -2.40. The first-order valence-corrected chi connectivity index (χ1v) is 10.8. The molecule has 2 heterocycles. The minimum absolute atomic E-state index is 0.140. The molecular formula is C24H33N3O2. The Bertz CT molecular complexity index is 738. The van der Waals surface area contributed by atoms with Gasteiger partial charge in [-0.15, -0.1) is 0 Å². The van der Waals surface area contributed by atoms with Crippen LogP contribution in [0.15, 0.2) is 48.7 Å². The monoisotopic (exact) mass is 395 g/mol. The molecule has 29 heavy (non-hydrogen) atoms. The molecule has 0 spiro atoms. The number of rotatable bonds is 8. The van der Waals surface area contributed by atoms with Gasteiger partial charge < -0.3 is 15.0 Å². The Morgan fingerprint density at radius 2 is 2.00 bits per heavy atom. The highest BCUT2D eigenvalue weighted by Crippen LogP contribution is 2.20. The summed E-state index contributed by atoms with van der Waals surface area (Å²) in [6.07, 6.45) is 5.27. The van der Waals surface area contributed by atoms with Crippen molar-refractivity contribution in [3.63, 3.8) is 0 Å². The molecule has 3 rings (SSSR count). The third kappa shape index (κ3) is 6.57. The first-order valence-electron chi connectivity index (χ1n) is 10.8. The second kappa shape index (κ2) is 11.0. The fourth-order valence-corrected chi connectivity index (χ4v) is 3.75. The molecule has 1 aromatic carbocycles. The maximum atomic E-state index is 13.1. The van der Waals surface area contributed by atoms with Crippen molar-refractivity contribution in [2.24, 2.45) is 0 Å². The largest absolute Gasteiger partial charge is 0.493 e. The van der Waals surface area contributed by atoms with E-state index < -0.39 is 0 Å². The van der Waals surface area contributed by atoms with Crippen molar-refractivity contribution in [1.82, 2.24) is 15.2 Å². The molecule has 0 radical (unpaired) electrons. The quantitative estimate of drug-likeness (QED) is 0.730. The second-order valence-corrected chi connectivity index (χ2v) is 8.00. The number of carbonyl (C=O) groups excluding carboxylic acids is 1. The van der Waals surface area contributed by atoms with Gasteiger partial charge in [-0.1, -0.05) is 32.0 Å². The summed E-state index contributed by atoms with van der Waals surface area (Å²) in [5, 5.41) is 3.43. The second-order valence-electron chi connectivity index (χ2n) is 8.00. The van der Waals surface area contributed by atoms with Crippen molar-refractivity contribution >= 4 is 5.91 Å². The predicted octanol–water partition coefficient (Wildman–Crippen LogP) is 4.14. The zero-order valence-corrected chi connectivity index (χ0v) is 17.6. The summed E-state index contributed by atoms with van der Waals surface area (Å²) >= 11 is 0. The summed E-state index contributed by atoms with van der Waals surface area (Å²) in [5.41, 5.74) is 2.22. The van der Waals surface area contributed by atoms with Crippen LogP contribution in [-0.2, 0) is 11.3 Å². The molecule has 1 aliphatic rings. The van der Waals surface area contributed by atoms with Crippen LogP contribution in [0.2, 0.25) is 0 Å². The van der Waals surface area contributed by atoms with Crippen LogP contribution < -0.4 is 10.1 Å². The molecule has 1 unspecified atom stereocenters. The van der Waals surface area contributed by atoms with Gasteiger partial charge in [0.25, 0.3) is 0 Å². The van der Waals surface area contributed by atoms with E-state index in [1.807, 2.05) is 35.2 Å². The Labute approximate surface area is 174 Å². The number of amides is 1. The molecule has 1 N–H and O–H groups in total. The van der Waals surface area contributed by atoms with Crippen molar-refractivity contribution in [3.8, 4) is 5.75 Å². The number of pyridine rings is 1. The molecule has 5 heteroatoms. The maximum absolute atomic E-state index is 13.1. The summed E-state index contributed by atoms with van der Waals surface area (Å²) in [6.45, 7) is 7.28. The predicted molar refractivity (Wildman–Crippen MR) is 116 cm³/mol. The van der Waals surface area contributed by atoms with Crippen LogP contribution in [0.1, 0.15) is 56.7 Å². The Morgan fingerprint density at radius 1 is 1.17 bits per heavy atom. The van der Waals surface area contributed by atoms with Crippen molar-refractivity contribution in [2.75, 3.05) is 19.7 Å². The number of hydrogen-bond donors (Lipinski definition) is 1. The average molecular weight is 396 g/mol. The van der Waals surface area contributed by atoms with Crippen molar-refractivity contribution in [3.05, 3.63) is 59.9 Å². The number of aromatic nitrogens is 1. The fraction of sp³-hybridized carbons (Fsp3) is 0.500. The lowest BCUT2D eigenvalue weighted by atomic mass is 10.0. The summed E-state index contributed by atoms with van der Waals surface area (Å²) in [5.74, 6) is 1.46. The van der Waals surface area contributed by atoms with E-state index in [1.165, 1.54) is 5.56 Å². The molecule has 1 amide bonds. The number of benzene rings is 1. The number of nitrogens with zero attached hydrogens (tertiary/aromatic N) is 2. The van der Waals surface area contributed by atoms with Crippen LogP contribution in [0.25, 0.3) is 0 Å². The summed E-state index contributed by atoms with van der Waals surface area (Å²) in [4.78, 5) is 19.5. The van der Waals surface area contributed by atoms with Gasteiger partial charge in [0.05, 0.1) is 25.3 Å². The number of hydrogen-bond acceptors (Lipinski definition) is 4. The first-order chi connectivity index (χ1) is 14.1. The lowest BCUT2D eigenvalue weighted by molar-refractivity contribution is -0.135. The summed E-state index contributed by atoms with van der Waals surface area (Å²) < 4.78 is 5.85. The van der Waals surface area contributed by atoms with E-state index in [2.05, 4.69) is 36.3 Å². The normalized spacial score (nSPS) is 17.0. The van der Waals surface area contributed by atoms with Gasteiger partial charge in [0.2, 0.25) is 5.91 Å². The van der Waals surface area contributed by atoms with E-state index in [4.69, 9.17) is 4.74 Å². The molecule has 5 nitrogen and oxygen atoms in total. The van der Waals surface area contributed by atoms with Gasteiger partial charge in [-0.05, 0) is 68.1 Å². The first kappa shape index (κ1) is 21.3. The molecular weight excluding hydrogens is 362 g/mol. The number of ether oxygens (including phenoxy) is 1. The third-order valence-electron chi connectivity index (χ3n) is 5.50. The molecule has 1 aliphatic heterocycles. The van der Waals surface area contributed by atoms with Crippen LogP contribution in [0.5, 0.6) is 5.75 Å². The van der Waals surface area contributed by atoms with Crippen LogP contribution in [0.4, 0.5) is 0 Å². The van der Waals surface area contributed by atoms with Gasteiger partial charge in [0.1, 0.15) is 5.75 Å². The molecule has 1 fully saturated rings. The molecule has 156 valence electrons. The minimum Gasteiger partial charge on any atom is -0.493 e. The summed E-state index contributed by atoms with van der Waals surface area (Å²) in [6, 6.07) is 14.3. The van der Waals surface area contributed by atoms with E-state index in [-0.39, 0.29) is 11.9 Å². The van der Waals surface area contributed by atoms with E-state index in [0.717, 1.165) is 43.8 Å². The van der Waals surface area contributed by atoms with Gasteiger partial charge in [-0.25, -0.2) is 0 Å². The molecule has 0 aliphatic carbocycles. The molecule has 2 aromatic rings. The van der Waals surface area contributed by atoms with Gasteiger partial charge in [0.15, 0.2) is 0 Å². The number of nitrogens with one attached hydrogen (secondary N) is 1. The third-order valence-corrected chi connectivity index (χ3v) is 5.50. The summed E-state index contributed by atoms with van der Waals surface area (Å²) in [7, 11) is 0. The topological polar surface area (TPSA) is 54.5 Å². The van der Waals surface area contributed by atoms with Crippen LogP contribution in [0.3, 0.4) is 0 Å². The van der Waals surface area contributed by atoms with Gasteiger partial charge in [-0.3, -0.25) is 9.78 Å². The van der Waals surface area contributed by atoms with Gasteiger partial charge in [0, 0.05) is 12.2 Å². The Kier molecular flexibility index (Phi) is 8.05. The van der Waals surface area contributed by atoms with Crippen LogP contribution in [0, 0.1) is 0 Å². The maximum Gasteiger partial charge on any atom is 0.226 e. The van der Waals surface area contributed by atoms with Gasteiger partial charge >= 0.3 is 0 Å². The Balaban J connectivity index is 1.59. The fourth-order valence-electron chi connectivity index (χ4n) is 3.75. The lowest BCUT2D eigenvalue weighted by Gasteiger charge is -2.31. The van der Waals surface area contributed by atoms with Crippen molar-refractivity contribution in [2.45, 2.75) is 58.0 Å². The Morgan fingerprint density at radius 3 is 2.72 bits per heavy atom. The SMILES string of the molecule is CC(C)c1ccc(OCCC(=O)N(Cc2ccccn2)C2CCCNCC2)cc1. The molecule has 1 aromatic heterocycles. The van der Waals surface area contributed by atoms with E-state index in [0.29, 0.717) is 25.5 Å². The molecule has 1 atom stereocenters. The van der Waals surface area contributed by atoms with Crippen molar-refractivity contribution < 1.29 is 9.53 Å².